The lowest BCUT2D eigenvalue weighted by Gasteiger charge is -2.19. The van der Waals surface area contributed by atoms with Crippen molar-refractivity contribution >= 4 is 22.8 Å². The van der Waals surface area contributed by atoms with Crippen LogP contribution in [0.5, 0.6) is 0 Å². The summed E-state index contributed by atoms with van der Waals surface area (Å²) in [6, 6.07) is 15.1. The third kappa shape index (κ3) is 4.40. The lowest BCUT2D eigenvalue weighted by atomic mass is 10.2. The van der Waals surface area contributed by atoms with Crippen LogP contribution in [0.2, 0.25) is 0 Å². The number of benzene rings is 2. The van der Waals surface area contributed by atoms with E-state index in [1.54, 1.807) is 23.1 Å². The van der Waals surface area contributed by atoms with Crippen molar-refractivity contribution in [3.05, 3.63) is 67.1 Å². The first-order valence-corrected chi connectivity index (χ1v) is 9.25. The van der Waals surface area contributed by atoms with Crippen molar-refractivity contribution in [2.45, 2.75) is 26.4 Å². The van der Waals surface area contributed by atoms with Gasteiger partial charge in [0.2, 0.25) is 0 Å². The van der Waals surface area contributed by atoms with Crippen LogP contribution in [-0.4, -0.2) is 31.4 Å². The van der Waals surface area contributed by atoms with Crippen molar-refractivity contribution in [3.8, 4) is 16.9 Å². The van der Waals surface area contributed by atoms with Crippen LogP contribution < -0.4 is 5.32 Å². The minimum Gasteiger partial charge on any atom is -0.444 e. The minimum atomic E-state index is -0.556. The molecule has 0 unspecified atom stereocenters. The van der Waals surface area contributed by atoms with Gasteiger partial charge >= 0.3 is 6.09 Å². The molecular weight excluding hydrogens is 366 g/mol. The number of carbonyl (C=O) groups is 1. The van der Waals surface area contributed by atoms with Gasteiger partial charge in [-0.15, -0.1) is 0 Å². The fraction of sp³-hybridized carbons (Fsp3) is 0.182. The molecule has 2 aromatic carbocycles. The van der Waals surface area contributed by atoms with Crippen LogP contribution >= 0.6 is 0 Å². The molecule has 0 aliphatic heterocycles. The monoisotopic (exact) mass is 387 g/mol. The van der Waals surface area contributed by atoms with Crippen LogP contribution in [-0.2, 0) is 4.74 Å². The Kier molecular flexibility index (Phi) is 4.72. The molecule has 0 saturated carbocycles. The van der Waals surface area contributed by atoms with Gasteiger partial charge in [-0.3, -0.25) is 10.3 Å². The number of nitrogens with zero attached hydrogens (tertiary/aromatic N) is 4. The summed E-state index contributed by atoms with van der Waals surface area (Å²) in [4.78, 5) is 21.1. The fourth-order valence-corrected chi connectivity index (χ4v) is 2.84. The van der Waals surface area contributed by atoms with E-state index in [4.69, 9.17) is 4.74 Å². The molecule has 29 heavy (non-hydrogen) atoms. The normalized spacial score (nSPS) is 11.4. The molecule has 0 saturated heterocycles. The van der Waals surface area contributed by atoms with Gasteiger partial charge in [0.1, 0.15) is 5.60 Å². The summed E-state index contributed by atoms with van der Waals surface area (Å²) in [7, 11) is 0. The fourth-order valence-electron chi connectivity index (χ4n) is 2.84. The lowest BCUT2D eigenvalue weighted by Crippen LogP contribution is -2.27. The van der Waals surface area contributed by atoms with E-state index in [1.165, 1.54) is 0 Å². The summed E-state index contributed by atoms with van der Waals surface area (Å²) in [5, 5.41) is 7.17. The van der Waals surface area contributed by atoms with E-state index in [2.05, 4.69) is 20.4 Å². The molecule has 0 radical (unpaired) electrons. The van der Waals surface area contributed by atoms with E-state index < -0.39 is 11.7 Å². The van der Waals surface area contributed by atoms with Crippen molar-refractivity contribution in [2.75, 3.05) is 5.32 Å². The van der Waals surface area contributed by atoms with Crippen molar-refractivity contribution < 1.29 is 9.53 Å². The average Bonchev–Trinajstić information content (AvgIpc) is 3.16. The van der Waals surface area contributed by atoms with E-state index in [9.17, 15) is 4.79 Å². The zero-order valence-corrected chi connectivity index (χ0v) is 16.5. The summed E-state index contributed by atoms with van der Waals surface area (Å²) < 4.78 is 7.03. The Morgan fingerprint density at radius 2 is 1.83 bits per heavy atom. The molecule has 0 fully saturated rings. The van der Waals surface area contributed by atoms with E-state index in [0.717, 1.165) is 28.0 Å². The van der Waals surface area contributed by atoms with Gasteiger partial charge in [0, 0.05) is 17.4 Å². The first kappa shape index (κ1) is 18.6. The molecule has 146 valence electrons. The number of carbonyl (C=O) groups excluding carboxylic acids is 1. The van der Waals surface area contributed by atoms with Crippen LogP contribution in [0.25, 0.3) is 28.0 Å². The molecule has 7 nitrogen and oxygen atoms in total. The Bertz CT molecular complexity index is 1180. The predicted octanol–water partition coefficient (Wildman–Crippen LogP) is 4.83. The average molecular weight is 387 g/mol. The highest BCUT2D eigenvalue weighted by Gasteiger charge is 2.16. The minimum absolute atomic E-state index is 0.498. The number of nitrogens with one attached hydrogen (secondary N) is 1. The summed E-state index contributed by atoms with van der Waals surface area (Å²) in [6.07, 6.45) is 4.87. The van der Waals surface area contributed by atoms with Crippen LogP contribution in [0.3, 0.4) is 0 Å². The van der Waals surface area contributed by atoms with E-state index in [0.29, 0.717) is 5.69 Å². The first-order valence-electron chi connectivity index (χ1n) is 9.25. The highest BCUT2D eigenvalue weighted by atomic mass is 16.6. The molecule has 0 spiro atoms. The van der Waals surface area contributed by atoms with Crippen molar-refractivity contribution in [1.82, 2.24) is 19.7 Å². The van der Waals surface area contributed by atoms with Gasteiger partial charge in [0.05, 0.1) is 34.8 Å². The smallest absolute Gasteiger partial charge is 0.412 e. The van der Waals surface area contributed by atoms with Crippen molar-refractivity contribution in [3.63, 3.8) is 0 Å². The summed E-state index contributed by atoms with van der Waals surface area (Å²) in [6.45, 7) is 5.47. The van der Waals surface area contributed by atoms with Gasteiger partial charge in [-0.25, -0.2) is 14.5 Å². The van der Waals surface area contributed by atoms with Crippen molar-refractivity contribution in [1.29, 1.82) is 0 Å². The molecule has 0 aliphatic carbocycles. The standard InChI is InChI=1S/C22H21N5O2/c1-22(2,3)29-21(28)25-16-7-6-8-17(11-16)27-14-15(12-24-27)20-13-23-18-9-4-5-10-19(18)26-20/h4-14H,1-3H3,(H,25,28). The molecule has 4 aromatic rings. The Labute approximate surface area is 168 Å². The number of fused-ring (bicyclic) bond motifs is 1. The van der Waals surface area contributed by atoms with E-state index in [-0.39, 0.29) is 0 Å². The number of para-hydroxylation sites is 2. The number of hydrogen-bond donors (Lipinski definition) is 1. The van der Waals surface area contributed by atoms with Gasteiger partial charge in [0.15, 0.2) is 0 Å². The third-order valence-corrected chi connectivity index (χ3v) is 4.08. The second kappa shape index (κ2) is 7.35. The molecule has 4 rings (SSSR count). The summed E-state index contributed by atoms with van der Waals surface area (Å²) in [5.74, 6) is 0. The summed E-state index contributed by atoms with van der Waals surface area (Å²) >= 11 is 0. The number of aromatic nitrogens is 4. The largest absolute Gasteiger partial charge is 0.444 e. The van der Waals surface area contributed by atoms with Crippen LogP contribution in [0.4, 0.5) is 10.5 Å². The molecule has 2 aromatic heterocycles. The van der Waals surface area contributed by atoms with Gasteiger partial charge in [-0.2, -0.15) is 5.10 Å². The molecular formula is C22H21N5O2. The molecule has 0 atom stereocenters. The summed E-state index contributed by atoms with van der Waals surface area (Å²) in [5.41, 5.74) is 4.16. The molecule has 0 aliphatic rings. The molecule has 7 heteroatoms. The Morgan fingerprint density at radius 3 is 2.62 bits per heavy atom. The zero-order chi connectivity index (χ0) is 20.4. The maximum atomic E-state index is 12.0. The van der Waals surface area contributed by atoms with Crippen molar-refractivity contribution in [2.24, 2.45) is 0 Å². The Morgan fingerprint density at radius 1 is 1.03 bits per heavy atom. The van der Waals surface area contributed by atoms with Gasteiger partial charge in [-0.1, -0.05) is 18.2 Å². The topological polar surface area (TPSA) is 81.9 Å². The second-order valence-corrected chi connectivity index (χ2v) is 7.59. The molecule has 1 amide bonds. The predicted molar refractivity (Wildman–Crippen MR) is 112 cm³/mol. The number of ether oxygens (including phenoxy) is 1. The quantitative estimate of drug-likeness (QED) is 0.544. The van der Waals surface area contributed by atoms with Crippen LogP contribution in [0, 0.1) is 0 Å². The number of hydrogen-bond acceptors (Lipinski definition) is 5. The highest BCUT2D eigenvalue weighted by molar-refractivity contribution is 5.85. The molecule has 0 bridgehead atoms. The Hall–Kier alpha value is -3.74. The molecule has 2 heterocycles. The highest BCUT2D eigenvalue weighted by Crippen LogP contribution is 2.21. The van der Waals surface area contributed by atoms with Crippen LogP contribution in [0.15, 0.2) is 67.1 Å². The Balaban J connectivity index is 1.57. The van der Waals surface area contributed by atoms with Gasteiger partial charge in [-0.05, 0) is 51.1 Å². The molecule has 1 N–H and O–H groups in total. The van der Waals surface area contributed by atoms with E-state index in [1.807, 2.05) is 69.4 Å². The van der Waals surface area contributed by atoms with Crippen LogP contribution in [0.1, 0.15) is 20.8 Å². The third-order valence-electron chi connectivity index (χ3n) is 4.08. The first-order chi connectivity index (χ1) is 13.9. The van der Waals surface area contributed by atoms with Gasteiger partial charge < -0.3 is 4.74 Å². The number of anilines is 1. The lowest BCUT2D eigenvalue weighted by molar-refractivity contribution is 0.0636. The second-order valence-electron chi connectivity index (χ2n) is 7.59. The van der Waals surface area contributed by atoms with E-state index >= 15 is 0 Å². The maximum absolute atomic E-state index is 12.0. The zero-order valence-electron chi connectivity index (χ0n) is 16.5. The maximum Gasteiger partial charge on any atom is 0.412 e. The SMILES string of the molecule is CC(C)(C)OC(=O)Nc1cccc(-n2cc(-c3cnc4ccccc4n3)cn2)c1. The number of rotatable bonds is 3. The van der Waals surface area contributed by atoms with Gasteiger partial charge in [0.25, 0.3) is 0 Å². The number of amides is 1.